The minimum absolute atomic E-state index is 0.356. The molecule has 12 heavy (non-hydrogen) atoms. The van der Waals surface area contributed by atoms with Gasteiger partial charge in [-0.3, -0.25) is 0 Å². The minimum Gasteiger partial charge on any atom is -0.321 e. The van der Waals surface area contributed by atoms with Gasteiger partial charge in [0.2, 0.25) is 0 Å². The summed E-state index contributed by atoms with van der Waals surface area (Å²) in [5.74, 6) is 1.01. The van der Waals surface area contributed by atoms with Crippen molar-refractivity contribution < 1.29 is 8.78 Å². The third-order valence-electron chi connectivity index (χ3n) is 2.69. The van der Waals surface area contributed by atoms with Crippen LogP contribution in [-0.2, 0) is 0 Å². The largest absolute Gasteiger partial charge is 0.321 e. The monoisotopic (exact) mass is 177 g/mol. The van der Waals surface area contributed by atoms with Crippen molar-refractivity contribution in [3.05, 3.63) is 0 Å². The second kappa shape index (κ2) is 3.29. The van der Waals surface area contributed by atoms with E-state index >= 15 is 0 Å². The van der Waals surface area contributed by atoms with E-state index in [0.29, 0.717) is 18.3 Å². The molecule has 1 fully saturated rings. The van der Waals surface area contributed by atoms with Gasteiger partial charge < -0.3 is 5.73 Å². The molecule has 1 rings (SSSR count). The summed E-state index contributed by atoms with van der Waals surface area (Å²) in [7, 11) is 0. The predicted octanol–water partition coefficient (Wildman–Crippen LogP) is 2.41. The van der Waals surface area contributed by atoms with Crippen molar-refractivity contribution in [3.8, 4) is 0 Å². The van der Waals surface area contributed by atoms with Gasteiger partial charge in [-0.2, -0.15) is 0 Å². The van der Waals surface area contributed by atoms with Gasteiger partial charge >= 0.3 is 0 Å². The number of hydrogen-bond acceptors (Lipinski definition) is 1. The lowest BCUT2D eigenvalue weighted by Crippen LogP contribution is -2.45. The van der Waals surface area contributed by atoms with Crippen LogP contribution in [-0.4, -0.2) is 12.0 Å². The van der Waals surface area contributed by atoms with Gasteiger partial charge in [0.25, 0.3) is 6.43 Å². The molecule has 1 aliphatic carbocycles. The highest BCUT2D eigenvalue weighted by atomic mass is 19.3. The van der Waals surface area contributed by atoms with Crippen molar-refractivity contribution in [2.24, 2.45) is 17.6 Å². The quantitative estimate of drug-likeness (QED) is 0.701. The summed E-state index contributed by atoms with van der Waals surface area (Å²) in [6.45, 7) is 3.46. The summed E-state index contributed by atoms with van der Waals surface area (Å²) in [6, 6.07) is 0. The van der Waals surface area contributed by atoms with E-state index in [1.54, 1.807) is 0 Å². The molecule has 2 atom stereocenters. The van der Waals surface area contributed by atoms with Crippen molar-refractivity contribution in [2.75, 3.05) is 0 Å². The van der Waals surface area contributed by atoms with Crippen LogP contribution in [0.5, 0.6) is 0 Å². The second-order valence-electron chi connectivity index (χ2n) is 4.33. The lowest BCUT2D eigenvalue weighted by Gasteiger charge is -2.26. The Kier molecular flexibility index (Phi) is 2.71. The topological polar surface area (TPSA) is 26.0 Å². The average Bonchev–Trinajstić information content (AvgIpc) is 2.65. The minimum atomic E-state index is -2.40. The Morgan fingerprint density at radius 1 is 1.50 bits per heavy atom. The van der Waals surface area contributed by atoms with Gasteiger partial charge in [0.15, 0.2) is 0 Å². The number of rotatable bonds is 4. The summed E-state index contributed by atoms with van der Waals surface area (Å²) >= 11 is 0. The van der Waals surface area contributed by atoms with E-state index < -0.39 is 12.0 Å². The molecule has 0 spiro atoms. The molecule has 1 saturated carbocycles. The van der Waals surface area contributed by atoms with Crippen LogP contribution in [0, 0.1) is 11.8 Å². The molecular weight excluding hydrogens is 160 g/mol. The molecule has 72 valence electrons. The summed E-state index contributed by atoms with van der Waals surface area (Å²) in [5.41, 5.74) is 4.19. The molecular formula is C9H17F2N. The highest BCUT2D eigenvalue weighted by Gasteiger charge is 2.37. The SMILES string of the molecule is CC(CC(C)(N)C(F)F)C1CC1. The van der Waals surface area contributed by atoms with Crippen LogP contribution in [0.4, 0.5) is 8.78 Å². The van der Waals surface area contributed by atoms with Gasteiger partial charge in [-0.1, -0.05) is 6.92 Å². The Morgan fingerprint density at radius 2 is 2.00 bits per heavy atom. The average molecular weight is 177 g/mol. The van der Waals surface area contributed by atoms with Crippen molar-refractivity contribution in [1.82, 2.24) is 0 Å². The smallest absolute Gasteiger partial charge is 0.256 e. The fourth-order valence-corrected chi connectivity index (χ4v) is 1.61. The highest BCUT2D eigenvalue weighted by molar-refractivity contribution is 4.88. The highest BCUT2D eigenvalue weighted by Crippen LogP contribution is 2.40. The lowest BCUT2D eigenvalue weighted by atomic mass is 9.88. The van der Waals surface area contributed by atoms with Crippen LogP contribution < -0.4 is 5.73 Å². The zero-order valence-electron chi connectivity index (χ0n) is 7.69. The Morgan fingerprint density at radius 3 is 2.33 bits per heavy atom. The van der Waals surface area contributed by atoms with E-state index in [-0.39, 0.29) is 0 Å². The second-order valence-corrected chi connectivity index (χ2v) is 4.33. The predicted molar refractivity (Wildman–Crippen MR) is 45.1 cm³/mol. The molecule has 3 heteroatoms. The van der Waals surface area contributed by atoms with E-state index in [1.807, 2.05) is 6.92 Å². The molecule has 0 amide bonds. The zero-order chi connectivity index (χ0) is 9.35. The van der Waals surface area contributed by atoms with E-state index in [9.17, 15) is 8.78 Å². The van der Waals surface area contributed by atoms with Gasteiger partial charge in [-0.15, -0.1) is 0 Å². The Balaban J connectivity index is 2.36. The summed E-state index contributed by atoms with van der Waals surface area (Å²) < 4.78 is 24.7. The van der Waals surface area contributed by atoms with E-state index in [2.05, 4.69) is 0 Å². The molecule has 0 aromatic rings. The van der Waals surface area contributed by atoms with Gasteiger partial charge in [0.1, 0.15) is 0 Å². The number of halogens is 2. The van der Waals surface area contributed by atoms with Crippen molar-refractivity contribution >= 4 is 0 Å². The third-order valence-corrected chi connectivity index (χ3v) is 2.69. The van der Waals surface area contributed by atoms with E-state index in [1.165, 1.54) is 19.8 Å². The first-order chi connectivity index (χ1) is 5.43. The normalized spacial score (nSPS) is 25.5. The standard InChI is InChI=1S/C9H17F2N/c1-6(7-3-4-7)5-9(2,12)8(10)11/h6-8H,3-5,12H2,1-2H3. The van der Waals surface area contributed by atoms with Crippen molar-refractivity contribution in [3.63, 3.8) is 0 Å². The number of nitrogens with two attached hydrogens (primary N) is 1. The maximum absolute atomic E-state index is 12.3. The molecule has 2 N–H and O–H groups in total. The first-order valence-corrected chi connectivity index (χ1v) is 4.50. The first-order valence-electron chi connectivity index (χ1n) is 4.50. The summed E-state index contributed by atoms with van der Waals surface area (Å²) in [6.07, 6.45) is 0.426. The van der Waals surface area contributed by atoms with Crippen LogP contribution in [0.1, 0.15) is 33.1 Å². The Labute approximate surface area is 72.3 Å². The molecule has 1 aliphatic rings. The molecule has 0 aromatic carbocycles. The van der Waals surface area contributed by atoms with E-state index in [4.69, 9.17) is 5.73 Å². The molecule has 0 saturated heterocycles. The lowest BCUT2D eigenvalue weighted by molar-refractivity contribution is 0.0486. The van der Waals surface area contributed by atoms with Crippen LogP contribution in [0.2, 0.25) is 0 Å². The Bertz CT molecular complexity index is 153. The summed E-state index contributed by atoms with van der Waals surface area (Å²) in [5, 5.41) is 0. The van der Waals surface area contributed by atoms with Gasteiger partial charge in [-0.25, -0.2) is 8.78 Å². The van der Waals surface area contributed by atoms with Crippen molar-refractivity contribution in [2.45, 2.75) is 45.1 Å². The van der Waals surface area contributed by atoms with Crippen LogP contribution >= 0.6 is 0 Å². The molecule has 0 radical (unpaired) electrons. The maximum atomic E-state index is 12.3. The van der Waals surface area contributed by atoms with E-state index in [0.717, 1.165) is 0 Å². The molecule has 0 aromatic heterocycles. The van der Waals surface area contributed by atoms with Crippen LogP contribution in [0.15, 0.2) is 0 Å². The van der Waals surface area contributed by atoms with Crippen LogP contribution in [0.3, 0.4) is 0 Å². The summed E-state index contributed by atoms with van der Waals surface area (Å²) in [4.78, 5) is 0. The zero-order valence-corrected chi connectivity index (χ0v) is 7.69. The fraction of sp³-hybridized carbons (Fsp3) is 1.00. The fourth-order valence-electron chi connectivity index (χ4n) is 1.61. The maximum Gasteiger partial charge on any atom is 0.256 e. The van der Waals surface area contributed by atoms with Crippen molar-refractivity contribution in [1.29, 1.82) is 0 Å². The number of alkyl halides is 2. The molecule has 2 unspecified atom stereocenters. The molecule has 0 aliphatic heterocycles. The first kappa shape index (κ1) is 9.90. The van der Waals surface area contributed by atoms with Crippen LogP contribution in [0.25, 0.3) is 0 Å². The Hall–Kier alpha value is -0.180. The molecule has 0 bridgehead atoms. The molecule has 1 nitrogen and oxygen atoms in total. The molecule has 0 heterocycles. The van der Waals surface area contributed by atoms with Gasteiger partial charge in [0.05, 0.1) is 5.54 Å². The third kappa shape index (κ3) is 2.41. The van der Waals surface area contributed by atoms with Gasteiger partial charge in [-0.05, 0) is 38.0 Å². The number of hydrogen-bond donors (Lipinski definition) is 1. The van der Waals surface area contributed by atoms with Gasteiger partial charge in [0, 0.05) is 0 Å².